The molecule has 5 heteroatoms. The Labute approximate surface area is 112 Å². The zero-order valence-corrected chi connectivity index (χ0v) is 11.7. The molecule has 0 saturated carbocycles. The molecule has 1 unspecified atom stereocenters. The van der Waals surface area contributed by atoms with Crippen LogP contribution in [0.1, 0.15) is 6.92 Å². The van der Waals surface area contributed by atoms with Gasteiger partial charge >= 0.3 is 0 Å². The average Bonchev–Trinajstić information content (AvgIpc) is 2.20. The molecule has 1 atom stereocenters. The van der Waals surface area contributed by atoms with E-state index in [0.29, 0.717) is 16.6 Å². The quantitative estimate of drug-likeness (QED) is 0.647. The second kappa shape index (κ2) is 5.92. The minimum Gasteiger partial charge on any atom is -0.324 e. The van der Waals surface area contributed by atoms with Crippen LogP contribution in [0, 0.1) is 9.49 Å². The summed E-state index contributed by atoms with van der Waals surface area (Å²) in [6.45, 7) is 1.77. The number of anilines is 1. The van der Waals surface area contributed by atoms with Gasteiger partial charge in [-0.25, -0.2) is 0 Å². The highest BCUT2D eigenvalue weighted by Gasteiger charge is 2.12. The SMILES string of the molecule is CC(CCl)C(=O)Nc1ccc(I)cc1Cl. The number of amides is 1. The smallest absolute Gasteiger partial charge is 0.228 e. The molecule has 1 aromatic carbocycles. The number of halogens is 3. The first-order valence-corrected chi connectivity index (χ1v) is 6.35. The number of alkyl halides is 1. The summed E-state index contributed by atoms with van der Waals surface area (Å²) in [6, 6.07) is 5.46. The minimum absolute atomic E-state index is 0.117. The number of carbonyl (C=O) groups excluding carboxylic acids is 1. The molecule has 0 saturated heterocycles. The number of benzene rings is 1. The van der Waals surface area contributed by atoms with Crippen LogP contribution in [0.4, 0.5) is 5.69 Å². The third-order valence-electron chi connectivity index (χ3n) is 1.87. The van der Waals surface area contributed by atoms with E-state index in [1.54, 1.807) is 19.1 Å². The fourth-order valence-corrected chi connectivity index (χ4v) is 1.96. The van der Waals surface area contributed by atoms with Crippen LogP contribution in [0.15, 0.2) is 18.2 Å². The van der Waals surface area contributed by atoms with Gasteiger partial charge in [0.05, 0.1) is 10.7 Å². The lowest BCUT2D eigenvalue weighted by atomic mass is 10.2. The van der Waals surface area contributed by atoms with Crippen LogP contribution < -0.4 is 5.32 Å². The van der Waals surface area contributed by atoms with Gasteiger partial charge in [0.25, 0.3) is 0 Å². The molecule has 1 rings (SSSR count). The highest BCUT2D eigenvalue weighted by Crippen LogP contribution is 2.24. The van der Waals surface area contributed by atoms with E-state index < -0.39 is 0 Å². The molecule has 1 amide bonds. The van der Waals surface area contributed by atoms with Crippen molar-refractivity contribution in [1.29, 1.82) is 0 Å². The van der Waals surface area contributed by atoms with Gasteiger partial charge in [0.2, 0.25) is 5.91 Å². The van der Waals surface area contributed by atoms with Crippen molar-refractivity contribution in [2.24, 2.45) is 5.92 Å². The second-order valence-electron chi connectivity index (χ2n) is 3.17. The van der Waals surface area contributed by atoms with E-state index in [-0.39, 0.29) is 11.8 Å². The van der Waals surface area contributed by atoms with E-state index >= 15 is 0 Å². The van der Waals surface area contributed by atoms with Gasteiger partial charge in [-0.15, -0.1) is 11.6 Å². The number of rotatable bonds is 3. The van der Waals surface area contributed by atoms with E-state index in [0.717, 1.165) is 3.57 Å². The van der Waals surface area contributed by atoms with Gasteiger partial charge in [-0.2, -0.15) is 0 Å². The zero-order chi connectivity index (χ0) is 11.4. The van der Waals surface area contributed by atoms with Crippen molar-refractivity contribution >= 4 is 57.4 Å². The van der Waals surface area contributed by atoms with Crippen LogP contribution in [-0.4, -0.2) is 11.8 Å². The zero-order valence-electron chi connectivity index (χ0n) is 8.06. The molecule has 15 heavy (non-hydrogen) atoms. The van der Waals surface area contributed by atoms with Crippen molar-refractivity contribution in [3.05, 3.63) is 26.8 Å². The summed E-state index contributed by atoms with van der Waals surface area (Å²) in [6.07, 6.45) is 0. The molecule has 0 aliphatic rings. The van der Waals surface area contributed by atoms with E-state index in [1.165, 1.54) is 0 Å². The standard InChI is InChI=1S/C10H10Cl2INO/c1-6(5-11)10(15)14-9-3-2-7(13)4-8(9)12/h2-4,6H,5H2,1H3,(H,14,15). The molecule has 0 aliphatic carbocycles. The van der Waals surface area contributed by atoms with Gasteiger partial charge in [0.15, 0.2) is 0 Å². The molecule has 82 valence electrons. The molecule has 0 radical (unpaired) electrons. The molecular weight excluding hydrogens is 348 g/mol. The van der Waals surface area contributed by atoms with Gasteiger partial charge in [0, 0.05) is 15.4 Å². The molecule has 2 nitrogen and oxygen atoms in total. The molecule has 1 aromatic rings. The molecule has 0 fully saturated rings. The maximum Gasteiger partial charge on any atom is 0.228 e. The van der Waals surface area contributed by atoms with E-state index in [1.807, 2.05) is 6.07 Å². The van der Waals surface area contributed by atoms with E-state index in [2.05, 4.69) is 27.9 Å². The second-order valence-corrected chi connectivity index (χ2v) is 5.13. The Morgan fingerprint density at radius 3 is 2.80 bits per heavy atom. The molecule has 1 N–H and O–H groups in total. The van der Waals surface area contributed by atoms with Crippen LogP contribution in [0.2, 0.25) is 5.02 Å². The number of hydrogen-bond donors (Lipinski definition) is 1. The van der Waals surface area contributed by atoms with Gasteiger partial charge in [-0.1, -0.05) is 18.5 Å². The Morgan fingerprint density at radius 1 is 1.60 bits per heavy atom. The van der Waals surface area contributed by atoms with Gasteiger partial charge < -0.3 is 5.32 Å². The highest BCUT2D eigenvalue weighted by atomic mass is 127. The van der Waals surface area contributed by atoms with Gasteiger partial charge in [-0.05, 0) is 40.8 Å². The van der Waals surface area contributed by atoms with Crippen LogP contribution in [0.5, 0.6) is 0 Å². The van der Waals surface area contributed by atoms with Crippen LogP contribution >= 0.6 is 45.8 Å². The Morgan fingerprint density at radius 2 is 2.27 bits per heavy atom. The summed E-state index contributed by atoms with van der Waals surface area (Å²) in [4.78, 5) is 11.5. The topological polar surface area (TPSA) is 29.1 Å². The third-order valence-corrected chi connectivity index (χ3v) is 3.31. The summed E-state index contributed by atoms with van der Waals surface area (Å²) >= 11 is 13.7. The van der Waals surface area contributed by atoms with E-state index in [4.69, 9.17) is 23.2 Å². The fourth-order valence-electron chi connectivity index (χ4n) is 0.917. The number of nitrogens with one attached hydrogen (secondary N) is 1. The third kappa shape index (κ3) is 3.81. The Hall–Kier alpha value is -0.0000000000000000555. The van der Waals surface area contributed by atoms with Crippen molar-refractivity contribution in [2.45, 2.75) is 6.92 Å². The molecular formula is C10H10Cl2INO. The summed E-state index contributed by atoms with van der Waals surface area (Å²) in [7, 11) is 0. The fraction of sp³-hybridized carbons (Fsp3) is 0.300. The van der Waals surface area contributed by atoms with Gasteiger partial charge in [-0.3, -0.25) is 4.79 Å². The highest BCUT2D eigenvalue weighted by molar-refractivity contribution is 14.1. The average molecular weight is 358 g/mol. The molecule has 0 heterocycles. The van der Waals surface area contributed by atoms with Gasteiger partial charge in [0.1, 0.15) is 0 Å². The molecule has 0 aromatic heterocycles. The first kappa shape index (κ1) is 13.1. The van der Waals surface area contributed by atoms with Crippen LogP contribution in [0.3, 0.4) is 0 Å². The monoisotopic (exact) mass is 357 g/mol. The van der Waals surface area contributed by atoms with Crippen LogP contribution in [-0.2, 0) is 4.79 Å². The lowest BCUT2D eigenvalue weighted by Gasteiger charge is -2.10. The summed E-state index contributed by atoms with van der Waals surface area (Å²) in [5.74, 6) is -0.0384. The predicted octanol–water partition coefficient (Wildman–Crippen LogP) is 3.76. The molecule has 0 bridgehead atoms. The first-order valence-electron chi connectivity index (χ1n) is 4.36. The number of hydrogen-bond acceptors (Lipinski definition) is 1. The maximum atomic E-state index is 11.5. The normalized spacial score (nSPS) is 12.3. The van der Waals surface area contributed by atoms with Crippen molar-refractivity contribution < 1.29 is 4.79 Å². The predicted molar refractivity (Wildman–Crippen MR) is 72.7 cm³/mol. The largest absolute Gasteiger partial charge is 0.324 e. The first-order chi connectivity index (χ1) is 7.04. The van der Waals surface area contributed by atoms with E-state index in [9.17, 15) is 4.79 Å². The molecule has 0 aliphatic heterocycles. The summed E-state index contributed by atoms with van der Waals surface area (Å²) in [5, 5.41) is 3.27. The summed E-state index contributed by atoms with van der Waals surface area (Å²) < 4.78 is 1.03. The van der Waals surface area contributed by atoms with Crippen molar-refractivity contribution in [3.63, 3.8) is 0 Å². The maximum absolute atomic E-state index is 11.5. The minimum atomic E-state index is -0.220. The number of carbonyl (C=O) groups is 1. The van der Waals surface area contributed by atoms with Crippen molar-refractivity contribution in [1.82, 2.24) is 0 Å². The lowest BCUT2D eigenvalue weighted by Crippen LogP contribution is -2.21. The Balaban J connectivity index is 2.77. The van der Waals surface area contributed by atoms with Crippen LogP contribution in [0.25, 0.3) is 0 Å². The Bertz CT molecular complexity index is 370. The summed E-state index contributed by atoms with van der Waals surface area (Å²) in [5.41, 5.74) is 0.624. The molecule has 0 spiro atoms. The van der Waals surface area contributed by atoms with Crippen molar-refractivity contribution in [2.75, 3.05) is 11.2 Å². The van der Waals surface area contributed by atoms with Crippen molar-refractivity contribution in [3.8, 4) is 0 Å². The lowest BCUT2D eigenvalue weighted by molar-refractivity contribution is -0.118. The Kier molecular flexibility index (Phi) is 5.15.